The quantitative estimate of drug-likeness (QED) is 0.411. The van der Waals surface area contributed by atoms with Crippen molar-refractivity contribution < 1.29 is 8.42 Å². The van der Waals surface area contributed by atoms with Crippen molar-refractivity contribution in [3.05, 3.63) is 0 Å². The lowest BCUT2D eigenvalue weighted by Gasteiger charge is -2.29. The Morgan fingerprint density at radius 3 is 2.03 bits per heavy atom. The van der Waals surface area contributed by atoms with Crippen LogP contribution < -0.4 is 20.7 Å². The third-order valence-corrected chi connectivity index (χ3v) is 7.01. The lowest BCUT2D eigenvalue weighted by Crippen LogP contribution is -2.39. The van der Waals surface area contributed by atoms with Gasteiger partial charge in [-0.15, -0.1) is 0 Å². The van der Waals surface area contributed by atoms with Crippen molar-refractivity contribution >= 4 is 28.1 Å². The van der Waals surface area contributed by atoms with Gasteiger partial charge in [0.05, 0.1) is 0 Å². The zero-order valence-electron chi connectivity index (χ0n) is 18.5. The molecule has 2 aliphatic carbocycles. The SMILES string of the molecule is CC(C)Nc1nc(NCC2CCC(CNS(=O)(=O)N(C)C)CC2)nc(NC2CC2)n1. The second-order valence-corrected chi connectivity index (χ2v) is 10.9. The van der Waals surface area contributed by atoms with Crippen molar-refractivity contribution in [2.75, 3.05) is 43.1 Å². The molecule has 1 heterocycles. The Labute approximate surface area is 180 Å². The first kappa shape index (κ1) is 23.0. The summed E-state index contributed by atoms with van der Waals surface area (Å²) in [6, 6.07) is 0.724. The van der Waals surface area contributed by atoms with Crippen LogP contribution in [0.2, 0.25) is 0 Å². The molecule has 1 aromatic rings. The van der Waals surface area contributed by atoms with Gasteiger partial charge in [-0.3, -0.25) is 0 Å². The van der Waals surface area contributed by atoms with E-state index in [4.69, 9.17) is 0 Å². The van der Waals surface area contributed by atoms with Crippen LogP contribution in [0, 0.1) is 11.8 Å². The summed E-state index contributed by atoms with van der Waals surface area (Å²) in [5.41, 5.74) is 0. The number of hydrogen-bond acceptors (Lipinski definition) is 8. The van der Waals surface area contributed by atoms with E-state index >= 15 is 0 Å². The summed E-state index contributed by atoms with van der Waals surface area (Å²) in [7, 11) is -0.259. The average Bonchev–Trinajstić information content (AvgIpc) is 3.49. The van der Waals surface area contributed by atoms with Crippen LogP contribution >= 0.6 is 0 Å². The summed E-state index contributed by atoms with van der Waals surface area (Å²) in [5, 5.41) is 9.99. The smallest absolute Gasteiger partial charge is 0.278 e. The van der Waals surface area contributed by atoms with E-state index in [1.54, 1.807) is 14.1 Å². The lowest BCUT2D eigenvalue weighted by molar-refractivity contribution is 0.283. The molecular weight excluding hydrogens is 404 g/mol. The van der Waals surface area contributed by atoms with Gasteiger partial charge in [0.25, 0.3) is 10.2 Å². The van der Waals surface area contributed by atoms with Crippen molar-refractivity contribution in [1.29, 1.82) is 0 Å². The predicted octanol–water partition coefficient (Wildman–Crippen LogP) is 1.88. The van der Waals surface area contributed by atoms with Crippen LogP contribution in [0.25, 0.3) is 0 Å². The van der Waals surface area contributed by atoms with Crippen LogP contribution in [0.1, 0.15) is 52.4 Å². The highest BCUT2D eigenvalue weighted by molar-refractivity contribution is 7.87. The minimum absolute atomic E-state index is 0.245. The molecule has 3 rings (SSSR count). The molecule has 0 bridgehead atoms. The number of nitrogens with one attached hydrogen (secondary N) is 4. The molecule has 1 aromatic heterocycles. The van der Waals surface area contributed by atoms with Crippen LogP contribution in [-0.4, -0.2) is 66.9 Å². The molecular formula is C19H36N8O2S. The van der Waals surface area contributed by atoms with Crippen LogP contribution in [-0.2, 0) is 10.2 Å². The third kappa shape index (κ3) is 7.21. The molecule has 30 heavy (non-hydrogen) atoms. The van der Waals surface area contributed by atoms with Crippen LogP contribution in [0.4, 0.5) is 17.8 Å². The average molecular weight is 441 g/mol. The summed E-state index contributed by atoms with van der Waals surface area (Å²) in [4.78, 5) is 13.5. The number of nitrogens with zero attached hydrogens (tertiary/aromatic N) is 4. The molecule has 0 unspecified atom stereocenters. The molecule has 0 spiro atoms. The van der Waals surface area contributed by atoms with E-state index in [0.29, 0.717) is 42.3 Å². The molecule has 0 amide bonds. The zero-order valence-corrected chi connectivity index (χ0v) is 19.3. The van der Waals surface area contributed by atoms with Gasteiger partial charge in [-0.25, -0.2) is 4.72 Å². The largest absolute Gasteiger partial charge is 0.354 e. The normalized spacial score (nSPS) is 22.3. The molecule has 0 aliphatic heterocycles. The van der Waals surface area contributed by atoms with Crippen molar-refractivity contribution in [3.63, 3.8) is 0 Å². The van der Waals surface area contributed by atoms with E-state index in [1.165, 1.54) is 4.31 Å². The molecule has 2 aliphatic rings. The van der Waals surface area contributed by atoms with E-state index in [0.717, 1.165) is 45.1 Å². The highest BCUT2D eigenvalue weighted by atomic mass is 32.2. The van der Waals surface area contributed by atoms with Crippen molar-refractivity contribution in [1.82, 2.24) is 24.0 Å². The molecule has 2 saturated carbocycles. The van der Waals surface area contributed by atoms with Crippen molar-refractivity contribution in [2.45, 2.75) is 64.5 Å². The molecule has 2 fully saturated rings. The van der Waals surface area contributed by atoms with E-state index in [-0.39, 0.29) is 6.04 Å². The Kier molecular flexibility index (Phi) is 7.70. The Bertz CT molecular complexity index is 767. The van der Waals surface area contributed by atoms with E-state index < -0.39 is 10.2 Å². The number of hydrogen-bond donors (Lipinski definition) is 4. The fourth-order valence-corrected chi connectivity index (χ4v) is 4.18. The number of rotatable bonds is 11. The third-order valence-electron chi connectivity index (χ3n) is 5.51. The Balaban J connectivity index is 1.47. The summed E-state index contributed by atoms with van der Waals surface area (Å²) >= 11 is 0. The molecule has 10 nitrogen and oxygen atoms in total. The van der Waals surface area contributed by atoms with Gasteiger partial charge >= 0.3 is 0 Å². The first-order chi connectivity index (χ1) is 14.2. The molecule has 0 saturated heterocycles. The van der Waals surface area contributed by atoms with Crippen LogP contribution in [0.3, 0.4) is 0 Å². The molecule has 170 valence electrons. The second-order valence-electron chi connectivity index (χ2n) is 8.93. The van der Waals surface area contributed by atoms with E-state index in [1.807, 2.05) is 0 Å². The fraction of sp³-hybridized carbons (Fsp3) is 0.842. The van der Waals surface area contributed by atoms with Gasteiger partial charge < -0.3 is 16.0 Å². The van der Waals surface area contributed by atoms with Gasteiger partial charge in [-0.1, -0.05) is 0 Å². The van der Waals surface area contributed by atoms with Crippen LogP contribution in [0.15, 0.2) is 0 Å². The van der Waals surface area contributed by atoms with Gasteiger partial charge in [0.2, 0.25) is 17.8 Å². The first-order valence-electron chi connectivity index (χ1n) is 10.9. The molecule has 11 heteroatoms. The highest BCUT2D eigenvalue weighted by Crippen LogP contribution is 2.29. The lowest BCUT2D eigenvalue weighted by atomic mass is 9.82. The van der Waals surface area contributed by atoms with Crippen molar-refractivity contribution in [2.24, 2.45) is 11.8 Å². The maximum absolute atomic E-state index is 11.9. The molecule has 4 N–H and O–H groups in total. The second kappa shape index (κ2) is 10.1. The number of aromatic nitrogens is 3. The van der Waals surface area contributed by atoms with Gasteiger partial charge in [0.1, 0.15) is 0 Å². The highest BCUT2D eigenvalue weighted by Gasteiger charge is 2.25. The van der Waals surface area contributed by atoms with Gasteiger partial charge in [-0.2, -0.15) is 27.7 Å². The van der Waals surface area contributed by atoms with Crippen LogP contribution in [0.5, 0.6) is 0 Å². The standard InChI is InChI=1S/C19H36N8O2S/c1-13(2)22-18-24-17(25-19(26-18)23-16-9-10-16)20-11-14-5-7-15(8-6-14)12-21-30(28,29)27(3)4/h13-16,21H,5-12H2,1-4H3,(H3,20,22,23,24,25,26). The summed E-state index contributed by atoms with van der Waals surface area (Å²) in [5.74, 6) is 2.73. The molecule has 0 atom stereocenters. The van der Waals surface area contributed by atoms with E-state index in [9.17, 15) is 8.42 Å². The maximum Gasteiger partial charge on any atom is 0.278 e. The fourth-order valence-electron chi connectivity index (χ4n) is 3.48. The summed E-state index contributed by atoms with van der Waals surface area (Å²) in [6.45, 7) is 5.43. The summed E-state index contributed by atoms with van der Waals surface area (Å²) < 4.78 is 27.6. The van der Waals surface area contributed by atoms with E-state index in [2.05, 4.69) is 49.5 Å². The molecule has 0 radical (unpaired) electrons. The Hall–Kier alpha value is -1.72. The van der Waals surface area contributed by atoms with Gasteiger partial charge in [0.15, 0.2) is 0 Å². The topological polar surface area (TPSA) is 124 Å². The summed E-state index contributed by atoms with van der Waals surface area (Å²) in [6.07, 6.45) is 6.50. The predicted molar refractivity (Wildman–Crippen MR) is 120 cm³/mol. The van der Waals surface area contributed by atoms with Crippen molar-refractivity contribution in [3.8, 4) is 0 Å². The Morgan fingerprint density at radius 2 is 1.47 bits per heavy atom. The maximum atomic E-state index is 11.9. The van der Waals surface area contributed by atoms with Gasteiger partial charge in [0, 0.05) is 39.3 Å². The number of anilines is 3. The first-order valence-corrected chi connectivity index (χ1v) is 12.4. The zero-order chi connectivity index (χ0) is 21.7. The minimum Gasteiger partial charge on any atom is -0.354 e. The molecule has 0 aromatic carbocycles. The Morgan fingerprint density at radius 1 is 0.900 bits per heavy atom. The minimum atomic E-state index is -3.34. The monoisotopic (exact) mass is 440 g/mol. The van der Waals surface area contributed by atoms with Gasteiger partial charge in [-0.05, 0) is 64.2 Å².